The predicted octanol–water partition coefficient (Wildman–Crippen LogP) is 1.05. The van der Waals surface area contributed by atoms with E-state index in [0.29, 0.717) is 5.56 Å². The lowest BCUT2D eigenvalue weighted by molar-refractivity contribution is -0.149. The van der Waals surface area contributed by atoms with Crippen LogP contribution in [0.5, 0.6) is 0 Å². The zero-order chi connectivity index (χ0) is 14.9. The Hall–Kier alpha value is -2.37. The second kappa shape index (κ2) is 5.32. The molecule has 1 heterocycles. The first-order chi connectivity index (χ1) is 9.41. The van der Waals surface area contributed by atoms with E-state index in [1.54, 1.807) is 31.2 Å². The molecular weight excluding hydrogens is 262 g/mol. The van der Waals surface area contributed by atoms with Crippen LogP contribution in [-0.4, -0.2) is 39.5 Å². The number of hydrogen-bond donors (Lipinski definition) is 2. The first-order valence-corrected chi connectivity index (χ1v) is 6.22. The first kappa shape index (κ1) is 14.0. The molecule has 1 amide bonds. The number of aryl methyl sites for hydroxylation is 1. The highest BCUT2D eigenvalue weighted by molar-refractivity contribution is 5.90. The number of rotatable bonds is 4. The average molecular weight is 277 g/mol. The maximum absolute atomic E-state index is 11.9. The molecule has 0 bridgehead atoms. The number of carbonyl (C=O) groups excluding carboxylic acids is 1. The first-order valence-electron chi connectivity index (χ1n) is 6.22. The molecule has 0 saturated carbocycles. The SMILES string of the molecule is Cc1ccccc1C(C(=O)O)N1CC(C(=O)O)CC1=O. The van der Waals surface area contributed by atoms with Gasteiger partial charge in [0, 0.05) is 13.0 Å². The van der Waals surface area contributed by atoms with Crippen LogP contribution in [0, 0.1) is 12.8 Å². The number of carboxylic acids is 2. The van der Waals surface area contributed by atoms with E-state index in [0.717, 1.165) is 10.5 Å². The predicted molar refractivity (Wildman–Crippen MR) is 69.0 cm³/mol. The van der Waals surface area contributed by atoms with Crippen LogP contribution >= 0.6 is 0 Å². The van der Waals surface area contributed by atoms with Crippen LogP contribution in [0.1, 0.15) is 23.6 Å². The van der Waals surface area contributed by atoms with Gasteiger partial charge in [-0.3, -0.25) is 9.59 Å². The summed E-state index contributed by atoms with van der Waals surface area (Å²) in [6, 6.07) is 5.76. The maximum Gasteiger partial charge on any atom is 0.331 e. The van der Waals surface area contributed by atoms with Crippen LogP contribution in [0.25, 0.3) is 0 Å². The van der Waals surface area contributed by atoms with Gasteiger partial charge in [-0.2, -0.15) is 0 Å². The van der Waals surface area contributed by atoms with E-state index < -0.39 is 29.8 Å². The van der Waals surface area contributed by atoms with E-state index in [1.807, 2.05) is 0 Å². The summed E-state index contributed by atoms with van der Waals surface area (Å²) in [6.07, 6.45) is -0.148. The Balaban J connectivity index is 2.36. The molecular formula is C14H15NO5. The molecule has 2 N–H and O–H groups in total. The fourth-order valence-corrected chi connectivity index (χ4v) is 2.47. The van der Waals surface area contributed by atoms with Gasteiger partial charge in [0.2, 0.25) is 5.91 Å². The van der Waals surface area contributed by atoms with Gasteiger partial charge in [0.15, 0.2) is 6.04 Å². The number of benzene rings is 1. The summed E-state index contributed by atoms with van der Waals surface area (Å²) in [5.74, 6) is -3.50. The summed E-state index contributed by atoms with van der Waals surface area (Å²) < 4.78 is 0. The lowest BCUT2D eigenvalue weighted by atomic mass is 10.00. The van der Waals surface area contributed by atoms with Crippen LogP contribution in [0.15, 0.2) is 24.3 Å². The highest BCUT2D eigenvalue weighted by Gasteiger charge is 2.41. The van der Waals surface area contributed by atoms with Crippen molar-refractivity contribution in [3.05, 3.63) is 35.4 Å². The van der Waals surface area contributed by atoms with Crippen molar-refractivity contribution >= 4 is 17.8 Å². The fraction of sp³-hybridized carbons (Fsp3) is 0.357. The van der Waals surface area contributed by atoms with Gasteiger partial charge in [-0.25, -0.2) is 4.79 Å². The molecule has 1 aliphatic heterocycles. The van der Waals surface area contributed by atoms with Crippen molar-refractivity contribution in [2.75, 3.05) is 6.54 Å². The minimum atomic E-state index is -1.15. The van der Waals surface area contributed by atoms with Gasteiger partial charge in [-0.05, 0) is 18.1 Å². The number of aliphatic carboxylic acids is 2. The molecule has 2 atom stereocenters. The summed E-state index contributed by atoms with van der Waals surface area (Å²) in [4.78, 5) is 35.5. The third-order valence-electron chi connectivity index (χ3n) is 3.54. The molecule has 6 heteroatoms. The molecule has 0 aromatic heterocycles. The van der Waals surface area contributed by atoms with Crippen LogP contribution < -0.4 is 0 Å². The van der Waals surface area contributed by atoms with Gasteiger partial charge in [-0.15, -0.1) is 0 Å². The highest BCUT2D eigenvalue weighted by atomic mass is 16.4. The van der Waals surface area contributed by atoms with Crippen molar-refractivity contribution < 1.29 is 24.6 Å². The van der Waals surface area contributed by atoms with Crippen LogP contribution in [0.4, 0.5) is 0 Å². The van der Waals surface area contributed by atoms with E-state index in [4.69, 9.17) is 5.11 Å². The number of carboxylic acid groups (broad SMARTS) is 2. The largest absolute Gasteiger partial charge is 0.481 e. The summed E-state index contributed by atoms with van der Waals surface area (Å²) >= 11 is 0. The van der Waals surface area contributed by atoms with E-state index >= 15 is 0 Å². The van der Waals surface area contributed by atoms with Crippen molar-refractivity contribution in [1.82, 2.24) is 4.90 Å². The Bertz CT molecular complexity index is 568. The lowest BCUT2D eigenvalue weighted by Gasteiger charge is -2.26. The number of carbonyl (C=O) groups is 3. The second-order valence-corrected chi connectivity index (χ2v) is 4.88. The summed E-state index contributed by atoms with van der Waals surface area (Å²) in [7, 11) is 0. The molecule has 1 aliphatic rings. The van der Waals surface area contributed by atoms with Crippen LogP contribution in [0.2, 0.25) is 0 Å². The van der Waals surface area contributed by atoms with Gasteiger partial charge < -0.3 is 15.1 Å². The molecule has 1 saturated heterocycles. The number of likely N-dealkylation sites (tertiary alicyclic amines) is 1. The monoisotopic (exact) mass is 277 g/mol. The average Bonchev–Trinajstić information content (AvgIpc) is 2.74. The third kappa shape index (κ3) is 2.49. The molecule has 20 heavy (non-hydrogen) atoms. The number of hydrogen-bond acceptors (Lipinski definition) is 3. The van der Waals surface area contributed by atoms with E-state index in [1.165, 1.54) is 0 Å². The van der Waals surface area contributed by atoms with Gasteiger partial charge in [0.05, 0.1) is 5.92 Å². The standard InChI is InChI=1S/C14H15NO5/c1-8-4-2-3-5-10(8)12(14(19)20)15-7-9(13(17)18)6-11(15)16/h2-5,9,12H,6-7H2,1H3,(H,17,18)(H,19,20). The van der Waals surface area contributed by atoms with Crippen LogP contribution in [-0.2, 0) is 14.4 Å². The molecule has 0 aliphatic carbocycles. The second-order valence-electron chi connectivity index (χ2n) is 4.88. The smallest absolute Gasteiger partial charge is 0.331 e. The molecule has 2 rings (SSSR count). The molecule has 0 spiro atoms. The molecule has 1 fully saturated rings. The zero-order valence-corrected chi connectivity index (χ0v) is 10.9. The van der Waals surface area contributed by atoms with Crippen molar-refractivity contribution in [3.63, 3.8) is 0 Å². The normalized spacial score (nSPS) is 19.9. The van der Waals surface area contributed by atoms with E-state index in [-0.39, 0.29) is 13.0 Å². The Morgan fingerprint density at radius 2 is 1.95 bits per heavy atom. The lowest BCUT2D eigenvalue weighted by Crippen LogP contribution is -2.36. The molecule has 0 radical (unpaired) electrons. The molecule has 1 aromatic rings. The Morgan fingerprint density at radius 3 is 2.45 bits per heavy atom. The van der Waals surface area contributed by atoms with E-state index in [9.17, 15) is 19.5 Å². The van der Waals surface area contributed by atoms with Crippen molar-refractivity contribution in [1.29, 1.82) is 0 Å². The minimum absolute atomic E-state index is 0.0700. The minimum Gasteiger partial charge on any atom is -0.481 e. The molecule has 6 nitrogen and oxygen atoms in total. The number of amides is 1. The Labute approximate surface area is 115 Å². The van der Waals surface area contributed by atoms with Crippen molar-refractivity contribution in [3.8, 4) is 0 Å². The topological polar surface area (TPSA) is 94.9 Å². The van der Waals surface area contributed by atoms with Gasteiger partial charge in [0.1, 0.15) is 0 Å². The van der Waals surface area contributed by atoms with Gasteiger partial charge in [-0.1, -0.05) is 24.3 Å². The molecule has 106 valence electrons. The van der Waals surface area contributed by atoms with Crippen molar-refractivity contribution in [2.45, 2.75) is 19.4 Å². The molecule has 2 unspecified atom stereocenters. The highest BCUT2D eigenvalue weighted by Crippen LogP contribution is 2.30. The Morgan fingerprint density at radius 1 is 1.30 bits per heavy atom. The number of nitrogens with zero attached hydrogens (tertiary/aromatic N) is 1. The quantitative estimate of drug-likeness (QED) is 0.857. The fourth-order valence-electron chi connectivity index (χ4n) is 2.47. The summed E-state index contributed by atoms with van der Waals surface area (Å²) in [5.41, 5.74) is 1.27. The zero-order valence-electron chi connectivity index (χ0n) is 10.9. The van der Waals surface area contributed by atoms with E-state index in [2.05, 4.69) is 0 Å². The Kier molecular flexibility index (Phi) is 3.74. The van der Waals surface area contributed by atoms with Crippen LogP contribution in [0.3, 0.4) is 0 Å². The molecule has 1 aromatic carbocycles. The summed E-state index contributed by atoms with van der Waals surface area (Å²) in [6.45, 7) is 1.69. The maximum atomic E-state index is 11.9. The van der Waals surface area contributed by atoms with Crippen molar-refractivity contribution in [2.24, 2.45) is 5.92 Å². The van der Waals surface area contributed by atoms with Gasteiger partial charge in [0.25, 0.3) is 0 Å². The summed E-state index contributed by atoms with van der Waals surface area (Å²) in [5, 5.41) is 18.4. The van der Waals surface area contributed by atoms with Gasteiger partial charge >= 0.3 is 11.9 Å². The third-order valence-corrected chi connectivity index (χ3v) is 3.54.